The van der Waals surface area contributed by atoms with Crippen molar-refractivity contribution in [3.8, 4) is 0 Å². The maximum atomic E-state index is 12.7. The molecule has 2 amide bonds. The van der Waals surface area contributed by atoms with E-state index in [2.05, 4.69) is 15.7 Å². The Morgan fingerprint density at radius 3 is 2.62 bits per heavy atom. The molecule has 2 N–H and O–H groups in total. The second-order valence-electron chi connectivity index (χ2n) is 7.26. The number of benzene rings is 2. The molecule has 0 saturated heterocycles. The fourth-order valence-corrected chi connectivity index (χ4v) is 3.36. The van der Waals surface area contributed by atoms with Gasteiger partial charge in [-0.2, -0.15) is 0 Å². The lowest BCUT2D eigenvalue weighted by Gasteiger charge is -2.08. The lowest BCUT2D eigenvalue weighted by molar-refractivity contribution is -0.117. The van der Waals surface area contributed by atoms with Crippen molar-refractivity contribution in [2.75, 3.05) is 5.32 Å². The molecule has 0 atom stereocenters. The normalized spacial score (nSPS) is 10.8. The SMILES string of the molecule is Cc1ccc(Cl)cc1NC(=O)Cn1nc2ccc(C(=O)NCc3ccccc3)cn2c1=O. The van der Waals surface area contributed by atoms with Gasteiger partial charge >= 0.3 is 5.69 Å². The van der Waals surface area contributed by atoms with Crippen molar-refractivity contribution in [2.24, 2.45) is 0 Å². The summed E-state index contributed by atoms with van der Waals surface area (Å²) in [5.74, 6) is -0.730. The van der Waals surface area contributed by atoms with Gasteiger partial charge in [0, 0.05) is 23.5 Å². The Kier molecular flexibility index (Phi) is 6.04. The van der Waals surface area contributed by atoms with Crippen LogP contribution in [0.3, 0.4) is 0 Å². The summed E-state index contributed by atoms with van der Waals surface area (Å²) in [5, 5.41) is 10.2. The first-order chi connectivity index (χ1) is 15.4. The number of aryl methyl sites for hydroxylation is 1. The van der Waals surface area contributed by atoms with Crippen LogP contribution in [0.2, 0.25) is 5.02 Å². The molecular weight excluding hydrogens is 430 g/mol. The van der Waals surface area contributed by atoms with Crippen LogP contribution in [0, 0.1) is 6.92 Å². The number of carbonyl (C=O) groups is 2. The topological polar surface area (TPSA) is 97.5 Å². The number of nitrogens with one attached hydrogen (secondary N) is 2. The molecule has 2 aromatic carbocycles. The number of hydrogen-bond donors (Lipinski definition) is 2. The minimum atomic E-state index is -0.518. The van der Waals surface area contributed by atoms with Gasteiger partial charge in [0.1, 0.15) is 6.54 Å². The van der Waals surface area contributed by atoms with Gasteiger partial charge in [0.15, 0.2) is 5.65 Å². The van der Waals surface area contributed by atoms with Crippen molar-refractivity contribution in [3.05, 3.63) is 99.1 Å². The van der Waals surface area contributed by atoms with Gasteiger partial charge in [-0.3, -0.25) is 9.59 Å². The Balaban J connectivity index is 1.49. The third kappa shape index (κ3) is 4.70. The minimum Gasteiger partial charge on any atom is -0.348 e. The van der Waals surface area contributed by atoms with Gasteiger partial charge in [-0.25, -0.2) is 13.9 Å². The zero-order valence-electron chi connectivity index (χ0n) is 17.2. The second kappa shape index (κ2) is 9.07. The largest absolute Gasteiger partial charge is 0.350 e. The van der Waals surface area contributed by atoms with Gasteiger partial charge in [-0.1, -0.05) is 48.0 Å². The molecular formula is C23H20ClN5O3. The molecule has 8 nitrogen and oxygen atoms in total. The molecule has 0 spiro atoms. The summed E-state index contributed by atoms with van der Waals surface area (Å²) in [5.41, 5.74) is 2.51. The van der Waals surface area contributed by atoms with Crippen LogP contribution in [0.1, 0.15) is 21.5 Å². The van der Waals surface area contributed by atoms with Gasteiger partial charge in [0.05, 0.1) is 5.56 Å². The Morgan fingerprint density at radius 2 is 1.84 bits per heavy atom. The van der Waals surface area contributed by atoms with E-state index in [0.717, 1.165) is 15.8 Å². The van der Waals surface area contributed by atoms with Crippen molar-refractivity contribution in [3.63, 3.8) is 0 Å². The van der Waals surface area contributed by atoms with Gasteiger partial charge in [0.25, 0.3) is 5.91 Å². The molecule has 0 aliphatic rings. The quantitative estimate of drug-likeness (QED) is 0.472. The average Bonchev–Trinajstić information content (AvgIpc) is 3.09. The van der Waals surface area contributed by atoms with E-state index in [9.17, 15) is 14.4 Å². The van der Waals surface area contributed by atoms with Crippen molar-refractivity contribution in [1.29, 1.82) is 0 Å². The number of fused-ring (bicyclic) bond motifs is 1. The summed E-state index contributed by atoms with van der Waals surface area (Å²) < 4.78 is 2.30. The summed E-state index contributed by atoms with van der Waals surface area (Å²) in [4.78, 5) is 37.7. The maximum absolute atomic E-state index is 12.7. The zero-order chi connectivity index (χ0) is 22.7. The molecule has 4 aromatic rings. The van der Waals surface area contributed by atoms with E-state index in [1.165, 1.54) is 10.6 Å². The van der Waals surface area contributed by atoms with Crippen LogP contribution in [0.5, 0.6) is 0 Å². The highest BCUT2D eigenvalue weighted by atomic mass is 35.5. The summed E-state index contributed by atoms with van der Waals surface area (Å²) in [6.07, 6.45) is 1.42. The van der Waals surface area contributed by atoms with Crippen molar-refractivity contribution >= 4 is 34.7 Å². The van der Waals surface area contributed by atoms with Crippen LogP contribution in [-0.2, 0) is 17.9 Å². The molecule has 0 saturated carbocycles. The molecule has 162 valence electrons. The van der Waals surface area contributed by atoms with Gasteiger partial charge in [0.2, 0.25) is 5.91 Å². The number of rotatable bonds is 6. The van der Waals surface area contributed by atoms with E-state index in [1.807, 2.05) is 37.3 Å². The van der Waals surface area contributed by atoms with Gasteiger partial charge in [-0.05, 0) is 42.3 Å². The van der Waals surface area contributed by atoms with Crippen LogP contribution < -0.4 is 16.3 Å². The minimum absolute atomic E-state index is 0.276. The second-order valence-corrected chi connectivity index (χ2v) is 7.70. The Bertz CT molecular complexity index is 1360. The van der Waals surface area contributed by atoms with E-state index in [-0.39, 0.29) is 12.5 Å². The number of amides is 2. The van der Waals surface area contributed by atoms with Gasteiger partial charge < -0.3 is 10.6 Å². The fourth-order valence-electron chi connectivity index (χ4n) is 3.19. The monoisotopic (exact) mass is 449 g/mol. The number of pyridine rings is 1. The summed E-state index contributed by atoms with van der Waals surface area (Å²) in [6, 6.07) is 17.8. The highest BCUT2D eigenvalue weighted by molar-refractivity contribution is 6.31. The lowest BCUT2D eigenvalue weighted by atomic mass is 10.2. The molecule has 32 heavy (non-hydrogen) atoms. The fraction of sp³-hybridized carbons (Fsp3) is 0.130. The summed E-state index contributed by atoms with van der Waals surface area (Å²) in [6.45, 7) is 1.93. The zero-order valence-corrected chi connectivity index (χ0v) is 18.0. The average molecular weight is 450 g/mol. The first kappa shape index (κ1) is 21.3. The molecule has 0 aliphatic carbocycles. The first-order valence-corrected chi connectivity index (χ1v) is 10.3. The molecule has 0 aliphatic heterocycles. The first-order valence-electron chi connectivity index (χ1n) is 9.88. The number of hydrogen-bond acceptors (Lipinski definition) is 4. The Morgan fingerprint density at radius 1 is 1.06 bits per heavy atom. The van der Waals surface area contributed by atoms with Crippen LogP contribution in [0.15, 0.2) is 71.7 Å². The molecule has 0 radical (unpaired) electrons. The van der Waals surface area contributed by atoms with Crippen LogP contribution in [0.4, 0.5) is 5.69 Å². The number of nitrogens with zero attached hydrogens (tertiary/aromatic N) is 3. The van der Waals surface area contributed by atoms with Crippen LogP contribution in [0.25, 0.3) is 5.65 Å². The van der Waals surface area contributed by atoms with E-state index >= 15 is 0 Å². The predicted octanol–water partition coefficient (Wildman–Crippen LogP) is 3.03. The molecule has 2 heterocycles. The number of aromatic nitrogens is 3. The molecule has 0 fully saturated rings. The molecule has 4 rings (SSSR count). The smallest absolute Gasteiger partial charge is 0.348 e. The van der Waals surface area contributed by atoms with Crippen molar-refractivity contribution in [2.45, 2.75) is 20.0 Å². The third-order valence-corrected chi connectivity index (χ3v) is 5.14. The third-order valence-electron chi connectivity index (χ3n) is 4.90. The van der Waals surface area contributed by atoms with E-state index in [4.69, 9.17) is 11.6 Å². The molecule has 2 aromatic heterocycles. The molecule has 9 heteroatoms. The maximum Gasteiger partial charge on any atom is 0.350 e. The number of anilines is 1. The van der Waals surface area contributed by atoms with Crippen LogP contribution in [-0.4, -0.2) is 26.0 Å². The van der Waals surface area contributed by atoms with Crippen molar-refractivity contribution in [1.82, 2.24) is 19.5 Å². The standard InChI is InChI=1S/C23H20ClN5O3/c1-15-7-9-18(24)11-19(15)26-21(30)14-29-23(32)28-13-17(8-10-20(28)27-29)22(31)25-12-16-5-3-2-4-6-16/h2-11,13H,12,14H2,1H3,(H,25,31)(H,26,30). The highest BCUT2D eigenvalue weighted by Crippen LogP contribution is 2.20. The van der Waals surface area contributed by atoms with E-state index < -0.39 is 11.6 Å². The van der Waals surface area contributed by atoms with E-state index in [1.54, 1.807) is 30.3 Å². The Hall–Kier alpha value is -3.91. The van der Waals surface area contributed by atoms with Crippen LogP contribution >= 0.6 is 11.6 Å². The molecule has 0 bridgehead atoms. The predicted molar refractivity (Wildman–Crippen MR) is 122 cm³/mol. The lowest BCUT2D eigenvalue weighted by Crippen LogP contribution is -2.29. The van der Waals surface area contributed by atoms with Gasteiger partial charge in [-0.15, -0.1) is 5.10 Å². The van der Waals surface area contributed by atoms with E-state index in [0.29, 0.717) is 28.5 Å². The highest BCUT2D eigenvalue weighted by Gasteiger charge is 2.14. The summed E-state index contributed by atoms with van der Waals surface area (Å²) in [7, 11) is 0. The number of carbonyl (C=O) groups excluding carboxylic acids is 2. The molecule has 0 unspecified atom stereocenters. The number of halogens is 1. The Labute approximate surface area is 188 Å². The summed E-state index contributed by atoms with van der Waals surface area (Å²) >= 11 is 5.98. The van der Waals surface area contributed by atoms with Crippen molar-refractivity contribution < 1.29 is 9.59 Å².